The Bertz CT molecular complexity index is 972. The van der Waals surface area contributed by atoms with Crippen molar-refractivity contribution in [3.8, 4) is 6.07 Å². The van der Waals surface area contributed by atoms with E-state index in [1.807, 2.05) is 48.5 Å². The maximum Gasteiger partial charge on any atom is 0.410 e. The molecule has 0 saturated carbocycles. The van der Waals surface area contributed by atoms with Gasteiger partial charge in [-0.05, 0) is 23.6 Å². The fourth-order valence-electron chi connectivity index (χ4n) is 3.57. The Balaban J connectivity index is 1.56. The molecular weight excluding hydrogens is 326 g/mol. The van der Waals surface area contributed by atoms with Crippen molar-refractivity contribution in [3.05, 3.63) is 71.4 Å². The van der Waals surface area contributed by atoms with Crippen molar-refractivity contribution < 1.29 is 9.53 Å². The molecule has 1 aliphatic heterocycles. The zero-order valence-corrected chi connectivity index (χ0v) is 14.3. The van der Waals surface area contributed by atoms with Gasteiger partial charge in [-0.2, -0.15) is 5.26 Å². The molecule has 0 radical (unpaired) electrons. The molecule has 1 N–H and O–H groups in total. The van der Waals surface area contributed by atoms with Crippen LogP contribution in [0.3, 0.4) is 0 Å². The summed E-state index contributed by atoms with van der Waals surface area (Å²) in [6.07, 6.45) is 0.575. The highest BCUT2D eigenvalue weighted by molar-refractivity contribution is 5.85. The lowest BCUT2D eigenvalue weighted by molar-refractivity contribution is 0.0735. The van der Waals surface area contributed by atoms with Crippen molar-refractivity contribution in [2.45, 2.75) is 32.0 Å². The van der Waals surface area contributed by atoms with Gasteiger partial charge in [0.15, 0.2) is 0 Å². The molecule has 0 fully saturated rings. The van der Waals surface area contributed by atoms with E-state index in [-0.39, 0.29) is 18.7 Å². The Morgan fingerprint density at radius 2 is 1.96 bits per heavy atom. The summed E-state index contributed by atoms with van der Waals surface area (Å²) >= 11 is 0. The number of H-pyrrole nitrogens is 1. The van der Waals surface area contributed by atoms with Crippen molar-refractivity contribution in [1.82, 2.24) is 9.88 Å². The van der Waals surface area contributed by atoms with E-state index in [0.29, 0.717) is 19.4 Å². The van der Waals surface area contributed by atoms with Gasteiger partial charge in [-0.15, -0.1) is 0 Å². The lowest BCUT2D eigenvalue weighted by Gasteiger charge is -2.33. The van der Waals surface area contributed by atoms with Crippen LogP contribution < -0.4 is 0 Å². The second kappa shape index (κ2) is 6.93. The number of hydrogen-bond acceptors (Lipinski definition) is 3. The molecule has 5 heteroatoms. The normalized spacial score (nSPS) is 16.1. The van der Waals surface area contributed by atoms with Crippen LogP contribution >= 0.6 is 0 Å². The summed E-state index contributed by atoms with van der Waals surface area (Å²) in [7, 11) is 0. The lowest BCUT2D eigenvalue weighted by atomic mass is 9.95. The number of aromatic nitrogens is 1. The zero-order chi connectivity index (χ0) is 17.9. The predicted octanol–water partition coefficient (Wildman–Crippen LogP) is 4.15. The average Bonchev–Trinajstić information content (AvgIpc) is 3.04. The van der Waals surface area contributed by atoms with Crippen molar-refractivity contribution in [1.29, 1.82) is 5.26 Å². The molecule has 1 aliphatic rings. The predicted molar refractivity (Wildman–Crippen MR) is 98.2 cm³/mol. The first kappa shape index (κ1) is 16.2. The first-order valence-electron chi connectivity index (χ1n) is 8.69. The van der Waals surface area contributed by atoms with E-state index in [1.165, 1.54) is 10.9 Å². The van der Waals surface area contributed by atoms with Crippen LogP contribution in [0.25, 0.3) is 10.9 Å². The van der Waals surface area contributed by atoms with Crippen LogP contribution in [0.2, 0.25) is 0 Å². The quantitative estimate of drug-likeness (QED) is 0.775. The second-order valence-corrected chi connectivity index (χ2v) is 6.52. The summed E-state index contributed by atoms with van der Waals surface area (Å²) in [5.41, 5.74) is 4.23. The molecule has 0 spiro atoms. The maximum atomic E-state index is 12.7. The molecule has 3 aromatic rings. The number of nitriles is 1. The number of hydrogen-bond donors (Lipinski definition) is 1. The molecule has 4 rings (SSSR count). The summed E-state index contributed by atoms with van der Waals surface area (Å²) in [4.78, 5) is 17.7. The van der Waals surface area contributed by atoms with E-state index in [2.05, 4.69) is 17.1 Å². The third-order valence-electron chi connectivity index (χ3n) is 4.88. The smallest absolute Gasteiger partial charge is 0.410 e. The van der Waals surface area contributed by atoms with E-state index in [9.17, 15) is 10.1 Å². The number of nitrogens with zero attached hydrogens (tertiary/aromatic N) is 2. The van der Waals surface area contributed by atoms with Crippen LogP contribution in [0.5, 0.6) is 0 Å². The number of rotatable bonds is 3. The summed E-state index contributed by atoms with van der Waals surface area (Å²) < 4.78 is 5.50. The summed E-state index contributed by atoms with van der Waals surface area (Å²) in [6.45, 7) is 0.666. The number of carbonyl (C=O) groups is 1. The molecule has 2 aromatic carbocycles. The van der Waals surface area contributed by atoms with E-state index < -0.39 is 0 Å². The molecule has 2 heterocycles. The molecule has 26 heavy (non-hydrogen) atoms. The Morgan fingerprint density at radius 1 is 1.19 bits per heavy atom. The van der Waals surface area contributed by atoms with Gasteiger partial charge in [-0.1, -0.05) is 48.5 Å². The number of para-hydroxylation sites is 1. The van der Waals surface area contributed by atoms with Crippen LogP contribution in [-0.2, 0) is 24.3 Å². The Kier molecular flexibility index (Phi) is 4.32. The number of nitrogens with one attached hydrogen (secondary N) is 1. The highest BCUT2D eigenvalue weighted by atomic mass is 16.6. The maximum absolute atomic E-state index is 12.7. The summed E-state index contributed by atoms with van der Waals surface area (Å²) in [5.74, 6) is 0. The number of fused-ring (bicyclic) bond motifs is 3. The second-order valence-electron chi connectivity index (χ2n) is 6.52. The standard InChI is InChI=1S/C21H19N3O2/c22-11-10-16-12-18-17-8-4-5-9-19(17)23-20(18)13-24(16)21(25)26-14-15-6-2-1-3-7-15/h1-9,16,23H,10,12-14H2/t16-/m1/s1. The van der Waals surface area contributed by atoms with Crippen LogP contribution in [0.15, 0.2) is 54.6 Å². The monoisotopic (exact) mass is 345 g/mol. The van der Waals surface area contributed by atoms with Gasteiger partial charge < -0.3 is 9.72 Å². The van der Waals surface area contributed by atoms with Gasteiger partial charge in [0.1, 0.15) is 6.61 Å². The number of ether oxygens (including phenoxy) is 1. The largest absolute Gasteiger partial charge is 0.445 e. The van der Waals surface area contributed by atoms with E-state index in [1.54, 1.807) is 4.90 Å². The van der Waals surface area contributed by atoms with Gasteiger partial charge in [0.05, 0.1) is 25.1 Å². The SMILES string of the molecule is N#CC[C@@H]1Cc2c([nH]c3ccccc23)CN1C(=O)OCc1ccccc1. The van der Waals surface area contributed by atoms with Gasteiger partial charge >= 0.3 is 6.09 Å². The number of amides is 1. The molecule has 1 atom stereocenters. The third-order valence-corrected chi connectivity index (χ3v) is 4.88. The number of aromatic amines is 1. The van der Waals surface area contributed by atoms with Crippen LogP contribution in [0.4, 0.5) is 4.79 Å². The van der Waals surface area contributed by atoms with Gasteiger partial charge in [0.25, 0.3) is 0 Å². The fraction of sp³-hybridized carbons (Fsp3) is 0.238. The van der Waals surface area contributed by atoms with Crippen molar-refractivity contribution >= 4 is 17.0 Å². The molecule has 0 saturated heterocycles. The van der Waals surface area contributed by atoms with Gasteiger partial charge in [0, 0.05) is 16.6 Å². The minimum Gasteiger partial charge on any atom is -0.445 e. The van der Waals surface area contributed by atoms with Crippen LogP contribution in [0, 0.1) is 11.3 Å². The summed E-state index contributed by atoms with van der Waals surface area (Å²) in [6, 6.07) is 19.8. The highest BCUT2D eigenvalue weighted by Crippen LogP contribution is 2.31. The summed E-state index contributed by atoms with van der Waals surface area (Å²) in [5, 5.41) is 10.4. The Morgan fingerprint density at radius 3 is 2.77 bits per heavy atom. The Hall–Kier alpha value is -3.26. The average molecular weight is 345 g/mol. The van der Waals surface area contributed by atoms with E-state index >= 15 is 0 Å². The zero-order valence-electron chi connectivity index (χ0n) is 14.3. The number of carbonyl (C=O) groups excluding carboxylic acids is 1. The lowest BCUT2D eigenvalue weighted by Crippen LogP contribution is -2.44. The molecule has 5 nitrogen and oxygen atoms in total. The molecule has 0 bridgehead atoms. The van der Waals surface area contributed by atoms with Crippen molar-refractivity contribution in [3.63, 3.8) is 0 Å². The van der Waals surface area contributed by atoms with Crippen molar-refractivity contribution in [2.75, 3.05) is 0 Å². The molecule has 0 aliphatic carbocycles. The van der Waals surface area contributed by atoms with E-state index in [0.717, 1.165) is 16.8 Å². The van der Waals surface area contributed by atoms with Gasteiger partial charge in [-0.3, -0.25) is 4.90 Å². The first-order valence-corrected chi connectivity index (χ1v) is 8.69. The fourth-order valence-corrected chi connectivity index (χ4v) is 3.57. The van der Waals surface area contributed by atoms with Crippen LogP contribution in [-0.4, -0.2) is 22.0 Å². The number of benzene rings is 2. The molecule has 130 valence electrons. The minimum absolute atomic E-state index is 0.171. The van der Waals surface area contributed by atoms with Gasteiger partial charge in [-0.25, -0.2) is 4.79 Å². The molecule has 0 unspecified atom stereocenters. The highest BCUT2D eigenvalue weighted by Gasteiger charge is 2.32. The van der Waals surface area contributed by atoms with E-state index in [4.69, 9.17) is 4.74 Å². The molecular formula is C21H19N3O2. The topological polar surface area (TPSA) is 69.1 Å². The molecule has 1 aromatic heterocycles. The van der Waals surface area contributed by atoms with Crippen LogP contribution in [0.1, 0.15) is 23.2 Å². The minimum atomic E-state index is -0.376. The molecule has 1 amide bonds. The van der Waals surface area contributed by atoms with Crippen molar-refractivity contribution in [2.24, 2.45) is 0 Å². The third kappa shape index (κ3) is 3.02. The first-order chi connectivity index (χ1) is 12.8. The Labute approximate surface area is 151 Å². The van der Waals surface area contributed by atoms with Gasteiger partial charge in [0.2, 0.25) is 0 Å².